The van der Waals surface area contributed by atoms with Crippen LogP contribution in [0.1, 0.15) is 0 Å². The van der Waals surface area contributed by atoms with E-state index in [1.54, 1.807) is 0 Å². The molecule has 3 heterocycles. The van der Waals surface area contributed by atoms with Crippen LogP contribution in [0, 0.1) is 0 Å². The van der Waals surface area contributed by atoms with Crippen molar-refractivity contribution in [2.24, 2.45) is 0 Å². The molecule has 0 spiro atoms. The summed E-state index contributed by atoms with van der Waals surface area (Å²) in [7, 11) is 0. The van der Waals surface area contributed by atoms with Gasteiger partial charge in [-0.25, -0.2) is 0 Å². The molecule has 0 atom stereocenters. The zero-order valence-electron chi connectivity index (χ0n) is 32.2. The Hall–Kier alpha value is -8.08. The highest BCUT2D eigenvalue weighted by Crippen LogP contribution is 2.49. The zero-order valence-corrected chi connectivity index (χ0v) is 32.2. The lowest BCUT2D eigenvalue weighted by atomic mass is 9.95. The molecule has 0 unspecified atom stereocenters. The van der Waals surface area contributed by atoms with Gasteiger partial charge in [0.1, 0.15) is 33.5 Å². The molecule has 280 valence electrons. The molecule has 0 bridgehead atoms. The second-order valence-corrected chi connectivity index (χ2v) is 15.6. The third-order valence-corrected chi connectivity index (χ3v) is 12.2. The van der Waals surface area contributed by atoms with Crippen LogP contribution < -0.4 is 4.90 Å². The van der Waals surface area contributed by atoms with Gasteiger partial charge in [-0.3, -0.25) is 0 Å². The first-order valence-corrected chi connectivity index (χ1v) is 20.3. The maximum atomic E-state index is 6.76. The van der Waals surface area contributed by atoms with Crippen LogP contribution in [0.15, 0.2) is 213 Å². The molecule has 0 aliphatic rings. The Morgan fingerprint density at radius 3 is 1.78 bits per heavy atom. The van der Waals surface area contributed by atoms with Gasteiger partial charge in [-0.1, -0.05) is 127 Å². The number of nitrogens with zero attached hydrogens (tertiary/aromatic N) is 1. The maximum Gasteiger partial charge on any atom is 0.143 e. The number of rotatable bonds is 5. The van der Waals surface area contributed by atoms with E-state index >= 15 is 0 Å². The van der Waals surface area contributed by atoms with E-state index in [4.69, 9.17) is 13.3 Å². The summed E-state index contributed by atoms with van der Waals surface area (Å²) < 4.78 is 19.6. The normalized spacial score (nSPS) is 12.0. The summed E-state index contributed by atoms with van der Waals surface area (Å²) in [5.41, 5.74) is 12.7. The summed E-state index contributed by atoms with van der Waals surface area (Å²) in [6.45, 7) is 0. The Balaban J connectivity index is 1.04. The van der Waals surface area contributed by atoms with Crippen LogP contribution in [0.5, 0.6) is 0 Å². The molecule has 0 saturated carbocycles. The number of furan rings is 3. The monoisotopic (exact) mass is 767 g/mol. The molecule has 10 aromatic carbocycles. The molecule has 4 nitrogen and oxygen atoms in total. The Morgan fingerprint density at radius 1 is 0.300 bits per heavy atom. The molecule has 0 radical (unpaired) electrons. The highest BCUT2D eigenvalue weighted by molar-refractivity contribution is 6.21. The summed E-state index contributed by atoms with van der Waals surface area (Å²) in [5, 5.41) is 11.2. The predicted molar refractivity (Wildman–Crippen MR) is 249 cm³/mol. The Labute approximate surface area is 343 Å². The fourth-order valence-electron chi connectivity index (χ4n) is 9.47. The number of hydrogen-bond acceptors (Lipinski definition) is 4. The molecule has 13 aromatic rings. The lowest BCUT2D eigenvalue weighted by molar-refractivity contribution is 0.669. The molecule has 60 heavy (non-hydrogen) atoms. The van der Waals surface area contributed by atoms with Crippen LogP contribution >= 0.6 is 0 Å². The van der Waals surface area contributed by atoms with E-state index in [-0.39, 0.29) is 0 Å². The standard InChI is InChI=1S/C56H33NO3/c1-2-13-37-32-53-46(31-36(37)12-1)54-44(17-9-21-50(54)59-53)41-15-5-7-18-47(41)57(48-19-10-22-51-55(48)45-30-25-35-11-3-4-14-40(35)56(45)60-51)39-27-23-34(24-28-39)38-26-29-43-42-16-6-8-20-49(42)58-52(43)33-38/h1-33H. The van der Waals surface area contributed by atoms with Crippen LogP contribution in [0.25, 0.3) is 110 Å². The van der Waals surface area contributed by atoms with Gasteiger partial charge in [0.2, 0.25) is 0 Å². The smallest absolute Gasteiger partial charge is 0.143 e. The van der Waals surface area contributed by atoms with Gasteiger partial charge in [-0.2, -0.15) is 0 Å². The van der Waals surface area contributed by atoms with Crippen LogP contribution in [-0.2, 0) is 0 Å². The van der Waals surface area contributed by atoms with E-state index < -0.39 is 0 Å². The van der Waals surface area contributed by atoms with E-state index in [9.17, 15) is 0 Å². The average molecular weight is 768 g/mol. The second kappa shape index (κ2) is 12.7. The Bertz CT molecular complexity index is 3850. The maximum absolute atomic E-state index is 6.76. The largest absolute Gasteiger partial charge is 0.456 e. The molecule has 0 amide bonds. The first kappa shape index (κ1) is 32.9. The molecule has 13 rings (SSSR count). The minimum Gasteiger partial charge on any atom is -0.456 e. The molecule has 0 aliphatic heterocycles. The first-order chi connectivity index (χ1) is 29.7. The van der Waals surface area contributed by atoms with E-state index in [0.717, 1.165) is 121 Å². The van der Waals surface area contributed by atoms with Gasteiger partial charge in [0.05, 0.1) is 16.8 Å². The van der Waals surface area contributed by atoms with Crippen LogP contribution in [-0.4, -0.2) is 0 Å². The molecule has 4 heteroatoms. The molecular weight excluding hydrogens is 735 g/mol. The third kappa shape index (κ3) is 4.91. The number of benzene rings is 10. The van der Waals surface area contributed by atoms with Gasteiger partial charge < -0.3 is 18.2 Å². The summed E-state index contributed by atoms with van der Waals surface area (Å²) >= 11 is 0. The lowest BCUT2D eigenvalue weighted by Crippen LogP contribution is -2.11. The van der Waals surface area contributed by atoms with Crippen molar-refractivity contribution in [1.29, 1.82) is 0 Å². The van der Waals surface area contributed by atoms with Crippen molar-refractivity contribution in [3.05, 3.63) is 200 Å². The highest BCUT2D eigenvalue weighted by Gasteiger charge is 2.24. The van der Waals surface area contributed by atoms with Crippen molar-refractivity contribution in [3.8, 4) is 22.3 Å². The van der Waals surface area contributed by atoms with E-state index in [1.807, 2.05) is 12.1 Å². The summed E-state index contributed by atoms with van der Waals surface area (Å²) in [6, 6.07) is 70.9. The van der Waals surface area contributed by atoms with Crippen LogP contribution in [0.4, 0.5) is 17.1 Å². The van der Waals surface area contributed by atoms with Crippen LogP contribution in [0.2, 0.25) is 0 Å². The quantitative estimate of drug-likeness (QED) is 0.175. The summed E-state index contributed by atoms with van der Waals surface area (Å²) in [6.07, 6.45) is 0. The SMILES string of the molecule is c1ccc(N(c2ccc(-c3ccc4c(c3)oc3ccccc34)cc2)c2cccc3oc4c5ccccc5ccc4c23)c(-c2cccc3oc4cc5ccccc5cc4c23)c1. The molecule has 0 fully saturated rings. The van der Waals surface area contributed by atoms with E-state index in [1.165, 1.54) is 5.39 Å². The fourth-order valence-corrected chi connectivity index (χ4v) is 9.47. The molecule has 0 aliphatic carbocycles. The molecular formula is C56H33NO3. The number of para-hydroxylation sites is 2. The van der Waals surface area contributed by atoms with Gasteiger partial charge in [-0.15, -0.1) is 0 Å². The Kier molecular flexibility index (Phi) is 6.98. The number of hydrogen-bond donors (Lipinski definition) is 0. The van der Waals surface area contributed by atoms with Crippen LogP contribution in [0.3, 0.4) is 0 Å². The Morgan fingerprint density at radius 2 is 0.900 bits per heavy atom. The lowest BCUT2D eigenvalue weighted by Gasteiger charge is -2.29. The molecule has 0 saturated heterocycles. The van der Waals surface area contributed by atoms with Gasteiger partial charge >= 0.3 is 0 Å². The van der Waals surface area contributed by atoms with Gasteiger partial charge in [-0.05, 0) is 106 Å². The average Bonchev–Trinajstić information content (AvgIpc) is 4.00. The topological polar surface area (TPSA) is 42.7 Å². The first-order valence-electron chi connectivity index (χ1n) is 20.3. The minimum atomic E-state index is 0.840. The van der Waals surface area contributed by atoms with E-state index in [2.05, 4.69) is 193 Å². The molecule has 0 N–H and O–H groups in total. The van der Waals surface area contributed by atoms with Gasteiger partial charge in [0.25, 0.3) is 0 Å². The van der Waals surface area contributed by atoms with Crippen molar-refractivity contribution in [3.63, 3.8) is 0 Å². The van der Waals surface area contributed by atoms with Crippen molar-refractivity contribution in [2.45, 2.75) is 0 Å². The van der Waals surface area contributed by atoms with Crippen molar-refractivity contribution < 1.29 is 13.3 Å². The summed E-state index contributed by atoms with van der Waals surface area (Å²) in [5.74, 6) is 0. The second-order valence-electron chi connectivity index (χ2n) is 15.6. The van der Waals surface area contributed by atoms with E-state index in [0.29, 0.717) is 0 Å². The van der Waals surface area contributed by atoms with Crippen molar-refractivity contribution >= 4 is 104 Å². The highest BCUT2D eigenvalue weighted by atomic mass is 16.3. The third-order valence-electron chi connectivity index (χ3n) is 12.2. The number of fused-ring (bicyclic) bond motifs is 12. The number of anilines is 3. The zero-order chi connectivity index (χ0) is 39.3. The van der Waals surface area contributed by atoms with Crippen molar-refractivity contribution in [1.82, 2.24) is 0 Å². The predicted octanol–water partition coefficient (Wildman–Crippen LogP) is 16.5. The minimum absolute atomic E-state index is 0.840. The van der Waals surface area contributed by atoms with Crippen molar-refractivity contribution in [2.75, 3.05) is 4.90 Å². The van der Waals surface area contributed by atoms with Gasteiger partial charge in [0.15, 0.2) is 0 Å². The fraction of sp³-hybridized carbons (Fsp3) is 0. The molecule has 3 aromatic heterocycles. The summed E-state index contributed by atoms with van der Waals surface area (Å²) in [4.78, 5) is 2.39. The van der Waals surface area contributed by atoms with Gasteiger partial charge in [0, 0.05) is 43.6 Å².